The van der Waals surface area contributed by atoms with Gasteiger partial charge in [0, 0.05) is 17.6 Å². The summed E-state index contributed by atoms with van der Waals surface area (Å²) in [6.07, 6.45) is 0.734. The van der Waals surface area contributed by atoms with Crippen molar-refractivity contribution in [1.82, 2.24) is 0 Å². The van der Waals surface area contributed by atoms with Gasteiger partial charge in [0.1, 0.15) is 0 Å². The van der Waals surface area contributed by atoms with Crippen LogP contribution in [0.4, 0.5) is 0 Å². The average Bonchev–Trinajstić information content (AvgIpc) is 2.47. The number of ether oxygens (including phenoxy) is 3. The van der Waals surface area contributed by atoms with Gasteiger partial charge in [0.15, 0.2) is 0 Å². The maximum Gasteiger partial charge on any atom is 0.0987 e. The molecule has 0 saturated carbocycles. The molecule has 0 saturated heterocycles. The molecule has 2 N–H and O–H groups in total. The van der Waals surface area contributed by atoms with Gasteiger partial charge >= 0.3 is 0 Å². The fraction of sp³-hybridized carbons (Fsp3) is 0.600. The normalized spacial score (nSPS) is 14.2. The van der Waals surface area contributed by atoms with Crippen molar-refractivity contribution in [3.63, 3.8) is 0 Å². The molecule has 0 aliphatic rings. The molecule has 0 fully saturated rings. The molecule has 5 heteroatoms. The van der Waals surface area contributed by atoms with Gasteiger partial charge in [0.2, 0.25) is 0 Å². The highest BCUT2D eigenvalue weighted by molar-refractivity contribution is 9.10. The van der Waals surface area contributed by atoms with E-state index in [0.717, 1.165) is 16.5 Å². The molecule has 0 heterocycles. The molecular formula is C15H24BrNO3. The van der Waals surface area contributed by atoms with Gasteiger partial charge in [-0.3, -0.25) is 0 Å². The molecule has 0 radical (unpaired) electrons. The molecule has 0 aliphatic carbocycles. The predicted molar refractivity (Wildman–Crippen MR) is 83.8 cm³/mol. The van der Waals surface area contributed by atoms with Gasteiger partial charge in [-0.1, -0.05) is 41.1 Å². The summed E-state index contributed by atoms with van der Waals surface area (Å²) in [5.41, 5.74) is 7.26. The van der Waals surface area contributed by atoms with Gasteiger partial charge in [0.05, 0.1) is 32.5 Å². The van der Waals surface area contributed by atoms with Gasteiger partial charge in [-0.2, -0.15) is 0 Å². The van der Waals surface area contributed by atoms with E-state index >= 15 is 0 Å². The van der Waals surface area contributed by atoms with E-state index in [4.69, 9.17) is 19.9 Å². The zero-order valence-electron chi connectivity index (χ0n) is 12.2. The number of nitrogens with two attached hydrogens (primary N) is 1. The highest BCUT2D eigenvalue weighted by Crippen LogP contribution is 2.28. The van der Waals surface area contributed by atoms with Crippen molar-refractivity contribution in [2.45, 2.75) is 25.5 Å². The van der Waals surface area contributed by atoms with Gasteiger partial charge in [-0.05, 0) is 18.1 Å². The summed E-state index contributed by atoms with van der Waals surface area (Å²) >= 11 is 3.55. The number of halogens is 1. The Bertz CT molecular complexity index is 376. The Morgan fingerprint density at radius 2 is 1.85 bits per heavy atom. The summed E-state index contributed by atoms with van der Waals surface area (Å²) in [5, 5.41) is 0. The van der Waals surface area contributed by atoms with E-state index in [1.807, 2.05) is 24.3 Å². The van der Waals surface area contributed by atoms with E-state index in [-0.39, 0.29) is 12.1 Å². The minimum absolute atomic E-state index is 0.0346. The molecule has 0 spiro atoms. The van der Waals surface area contributed by atoms with Crippen molar-refractivity contribution in [1.29, 1.82) is 0 Å². The molecule has 1 aromatic rings. The monoisotopic (exact) mass is 345 g/mol. The molecular weight excluding hydrogens is 322 g/mol. The summed E-state index contributed by atoms with van der Waals surface area (Å²) in [6.45, 7) is 4.30. The first kappa shape index (κ1) is 17.6. The SMILES string of the molecule is CCC(N)C(OCCOCCOC)c1ccccc1Br. The molecule has 2 atom stereocenters. The predicted octanol–water partition coefficient (Wildman–Crippen LogP) is 2.91. The van der Waals surface area contributed by atoms with E-state index < -0.39 is 0 Å². The Labute approximate surface area is 129 Å². The highest BCUT2D eigenvalue weighted by atomic mass is 79.9. The van der Waals surface area contributed by atoms with Crippen molar-refractivity contribution in [3.05, 3.63) is 34.3 Å². The highest BCUT2D eigenvalue weighted by Gasteiger charge is 2.21. The van der Waals surface area contributed by atoms with Gasteiger partial charge in [-0.25, -0.2) is 0 Å². The molecule has 0 bridgehead atoms. The van der Waals surface area contributed by atoms with Crippen molar-refractivity contribution < 1.29 is 14.2 Å². The van der Waals surface area contributed by atoms with Crippen molar-refractivity contribution in [2.24, 2.45) is 5.73 Å². The molecule has 4 nitrogen and oxygen atoms in total. The lowest BCUT2D eigenvalue weighted by atomic mass is 10.0. The van der Waals surface area contributed by atoms with Crippen LogP contribution in [0.2, 0.25) is 0 Å². The molecule has 0 aliphatic heterocycles. The van der Waals surface area contributed by atoms with E-state index in [2.05, 4.69) is 22.9 Å². The number of methoxy groups -OCH3 is 1. The summed E-state index contributed by atoms with van der Waals surface area (Å²) < 4.78 is 17.3. The molecule has 2 unspecified atom stereocenters. The Morgan fingerprint density at radius 3 is 2.50 bits per heavy atom. The van der Waals surface area contributed by atoms with Crippen molar-refractivity contribution in [2.75, 3.05) is 33.5 Å². The second kappa shape index (κ2) is 10.3. The summed E-state index contributed by atoms with van der Waals surface area (Å²) in [5.74, 6) is 0. The number of hydrogen-bond acceptors (Lipinski definition) is 4. The van der Waals surface area contributed by atoms with Crippen LogP contribution in [-0.2, 0) is 14.2 Å². The topological polar surface area (TPSA) is 53.7 Å². The summed E-state index contributed by atoms with van der Waals surface area (Å²) in [7, 11) is 1.66. The zero-order valence-corrected chi connectivity index (χ0v) is 13.8. The van der Waals surface area contributed by atoms with E-state index in [1.54, 1.807) is 7.11 Å². The van der Waals surface area contributed by atoms with Crippen LogP contribution in [0, 0.1) is 0 Å². The maximum atomic E-state index is 6.17. The van der Waals surface area contributed by atoms with Crippen LogP contribution in [0.25, 0.3) is 0 Å². The van der Waals surface area contributed by atoms with Crippen LogP contribution in [0.3, 0.4) is 0 Å². The zero-order chi connectivity index (χ0) is 14.8. The van der Waals surface area contributed by atoms with E-state index in [1.165, 1.54) is 0 Å². The van der Waals surface area contributed by atoms with Gasteiger partial charge in [-0.15, -0.1) is 0 Å². The first-order valence-electron chi connectivity index (χ1n) is 6.89. The van der Waals surface area contributed by atoms with Gasteiger partial charge < -0.3 is 19.9 Å². The first-order chi connectivity index (χ1) is 9.70. The van der Waals surface area contributed by atoms with Crippen LogP contribution < -0.4 is 5.73 Å². The molecule has 1 rings (SSSR count). The second-order valence-electron chi connectivity index (χ2n) is 4.49. The van der Waals surface area contributed by atoms with E-state index in [0.29, 0.717) is 26.4 Å². The Morgan fingerprint density at radius 1 is 1.15 bits per heavy atom. The van der Waals surface area contributed by atoms with Gasteiger partial charge in [0.25, 0.3) is 0 Å². The number of benzene rings is 1. The Kier molecular flexibility index (Phi) is 9.05. The second-order valence-corrected chi connectivity index (χ2v) is 5.34. The molecule has 0 amide bonds. The third-order valence-electron chi connectivity index (χ3n) is 3.03. The molecule has 0 aromatic heterocycles. The number of rotatable bonds is 10. The minimum atomic E-state index is -0.124. The maximum absolute atomic E-state index is 6.17. The van der Waals surface area contributed by atoms with Crippen LogP contribution in [-0.4, -0.2) is 39.6 Å². The third-order valence-corrected chi connectivity index (χ3v) is 3.75. The lowest BCUT2D eigenvalue weighted by Crippen LogP contribution is -2.30. The first-order valence-corrected chi connectivity index (χ1v) is 7.68. The van der Waals surface area contributed by atoms with Crippen molar-refractivity contribution in [3.8, 4) is 0 Å². The third kappa shape index (κ3) is 5.89. The Hall–Kier alpha value is -0.460. The van der Waals surface area contributed by atoms with Crippen LogP contribution in [0.15, 0.2) is 28.7 Å². The molecule has 20 heavy (non-hydrogen) atoms. The summed E-state index contributed by atoms with van der Waals surface area (Å²) in [4.78, 5) is 0. The molecule has 114 valence electrons. The van der Waals surface area contributed by atoms with Crippen LogP contribution in [0.1, 0.15) is 25.0 Å². The quantitative estimate of drug-likeness (QED) is 0.662. The largest absolute Gasteiger partial charge is 0.382 e. The van der Waals surface area contributed by atoms with E-state index in [9.17, 15) is 0 Å². The van der Waals surface area contributed by atoms with Crippen molar-refractivity contribution >= 4 is 15.9 Å². The molecule has 1 aromatic carbocycles. The fourth-order valence-electron chi connectivity index (χ4n) is 1.84. The smallest absolute Gasteiger partial charge is 0.0987 e. The standard InChI is InChI=1S/C15H24BrNO3/c1-3-14(17)15(12-6-4-5-7-13(12)16)20-11-10-19-9-8-18-2/h4-7,14-15H,3,8-11,17H2,1-2H3. The summed E-state index contributed by atoms with van der Waals surface area (Å²) in [6, 6.07) is 7.98. The average molecular weight is 346 g/mol. The lowest BCUT2D eigenvalue weighted by molar-refractivity contribution is -0.0168. The van der Waals surface area contributed by atoms with Crippen LogP contribution >= 0.6 is 15.9 Å². The Balaban J connectivity index is 2.51. The fourth-order valence-corrected chi connectivity index (χ4v) is 2.35. The number of hydrogen-bond donors (Lipinski definition) is 1. The van der Waals surface area contributed by atoms with Crippen LogP contribution in [0.5, 0.6) is 0 Å². The minimum Gasteiger partial charge on any atom is -0.382 e. The lowest BCUT2D eigenvalue weighted by Gasteiger charge is -2.24.